The number of likely N-dealkylation sites (tertiary alicyclic amines) is 1. The van der Waals surface area contributed by atoms with Crippen molar-refractivity contribution in [2.24, 2.45) is 5.41 Å². The van der Waals surface area contributed by atoms with Gasteiger partial charge in [0, 0.05) is 12.1 Å². The van der Waals surface area contributed by atoms with Gasteiger partial charge in [0.15, 0.2) is 0 Å². The molecule has 0 aromatic rings. The van der Waals surface area contributed by atoms with Gasteiger partial charge in [0.25, 0.3) is 0 Å². The van der Waals surface area contributed by atoms with Crippen molar-refractivity contribution in [3.05, 3.63) is 0 Å². The molecule has 1 aliphatic heterocycles. The van der Waals surface area contributed by atoms with Crippen LogP contribution in [0.1, 0.15) is 59.3 Å². The maximum Gasteiger partial charge on any atom is 0.00682 e. The molecule has 2 heteroatoms. The van der Waals surface area contributed by atoms with Crippen molar-refractivity contribution in [3.8, 4) is 0 Å². The zero-order chi connectivity index (χ0) is 12.3. The quantitative estimate of drug-likeness (QED) is 0.716. The summed E-state index contributed by atoms with van der Waals surface area (Å²) < 4.78 is 0. The average Bonchev–Trinajstić information content (AvgIpc) is 3.08. The minimum absolute atomic E-state index is 0.587. The first-order valence-corrected chi connectivity index (χ1v) is 7.54. The first-order chi connectivity index (χ1) is 8.07. The summed E-state index contributed by atoms with van der Waals surface area (Å²) in [6.07, 6.45) is 8.28. The minimum Gasteiger partial charge on any atom is -0.314 e. The normalized spacial score (nSPS) is 27.0. The molecule has 1 aliphatic carbocycles. The maximum atomic E-state index is 3.61. The molecule has 2 rings (SSSR count). The van der Waals surface area contributed by atoms with E-state index >= 15 is 0 Å². The van der Waals surface area contributed by atoms with E-state index in [0.29, 0.717) is 5.41 Å². The molecule has 1 atom stereocenters. The van der Waals surface area contributed by atoms with Crippen molar-refractivity contribution in [1.29, 1.82) is 0 Å². The van der Waals surface area contributed by atoms with Gasteiger partial charge in [-0.1, -0.05) is 13.8 Å². The SMILES string of the molecule is CC(CCCNC1CC1)N1CCC(C)(C)CC1. The predicted molar refractivity (Wildman–Crippen MR) is 74.3 cm³/mol. The van der Waals surface area contributed by atoms with Gasteiger partial charge in [-0.2, -0.15) is 0 Å². The summed E-state index contributed by atoms with van der Waals surface area (Å²) in [6.45, 7) is 11.1. The molecule has 2 nitrogen and oxygen atoms in total. The summed E-state index contributed by atoms with van der Waals surface area (Å²) in [7, 11) is 0. The molecule has 1 heterocycles. The molecule has 2 fully saturated rings. The van der Waals surface area contributed by atoms with Crippen LogP contribution in [0, 0.1) is 5.41 Å². The van der Waals surface area contributed by atoms with E-state index in [1.54, 1.807) is 0 Å². The van der Waals surface area contributed by atoms with E-state index in [-0.39, 0.29) is 0 Å². The van der Waals surface area contributed by atoms with Gasteiger partial charge in [-0.25, -0.2) is 0 Å². The van der Waals surface area contributed by atoms with Crippen molar-refractivity contribution < 1.29 is 0 Å². The van der Waals surface area contributed by atoms with Crippen LogP contribution in [0.5, 0.6) is 0 Å². The van der Waals surface area contributed by atoms with E-state index in [1.165, 1.54) is 58.2 Å². The Labute approximate surface area is 107 Å². The summed E-state index contributed by atoms with van der Waals surface area (Å²) in [4.78, 5) is 2.70. The van der Waals surface area contributed by atoms with Crippen LogP contribution in [0.2, 0.25) is 0 Å². The Morgan fingerprint density at radius 3 is 2.47 bits per heavy atom. The van der Waals surface area contributed by atoms with E-state index in [0.717, 1.165) is 12.1 Å². The van der Waals surface area contributed by atoms with Crippen LogP contribution in [0.4, 0.5) is 0 Å². The summed E-state index contributed by atoms with van der Waals surface area (Å²) in [5.74, 6) is 0. The Kier molecular flexibility index (Phi) is 4.48. The van der Waals surface area contributed by atoms with E-state index in [2.05, 4.69) is 31.0 Å². The molecule has 0 bridgehead atoms. The van der Waals surface area contributed by atoms with Gasteiger partial charge < -0.3 is 10.2 Å². The molecule has 0 amide bonds. The Morgan fingerprint density at radius 1 is 1.24 bits per heavy atom. The van der Waals surface area contributed by atoms with E-state index < -0.39 is 0 Å². The number of piperidine rings is 1. The number of nitrogens with one attached hydrogen (secondary N) is 1. The Morgan fingerprint density at radius 2 is 1.88 bits per heavy atom. The lowest BCUT2D eigenvalue weighted by molar-refractivity contribution is 0.0960. The molecule has 1 N–H and O–H groups in total. The molecule has 1 saturated heterocycles. The lowest BCUT2D eigenvalue weighted by Crippen LogP contribution is -2.42. The Bertz CT molecular complexity index is 223. The zero-order valence-electron chi connectivity index (χ0n) is 12.0. The van der Waals surface area contributed by atoms with Crippen molar-refractivity contribution in [2.75, 3.05) is 19.6 Å². The van der Waals surface area contributed by atoms with Crippen LogP contribution in [-0.4, -0.2) is 36.6 Å². The first kappa shape index (κ1) is 13.4. The molecule has 1 unspecified atom stereocenters. The fourth-order valence-electron chi connectivity index (χ4n) is 2.74. The van der Waals surface area contributed by atoms with Gasteiger partial charge >= 0.3 is 0 Å². The Hall–Kier alpha value is -0.0800. The molecule has 17 heavy (non-hydrogen) atoms. The topological polar surface area (TPSA) is 15.3 Å². The van der Waals surface area contributed by atoms with Crippen LogP contribution in [0.15, 0.2) is 0 Å². The lowest BCUT2D eigenvalue weighted by Gasteiger charge is -2.40. The van der Waals surface area contributed by atoms with Gasteiger partial charge in [0.2, 0.25) is 0 Å². The standard InChI is InChI=1S/C15H30N2/c1-13(5-4-10-16-14-6-7-14)17-11-8-15(2,3)9-12-17/h13-14,16H,4-12H2,1-3H3. The highest BCUT2D eigenvalue weighted by atomic mass is 15.2. The third-order valence-corrected chi connectivity index (χ3v) is 4.58. The van der Waals surface area contributed by atoms with Crippen molar-refractivity contribution in [3.63, 3.8) is 0 Å². The van der Waals surface area contributed by atoms with E-state index in [9.17, 15) is 0 Å². The second-order valence-corrected chi connectivity index (χ2v) is 6.92. The molecular weight excluding hydrogens is 208 g/mol. The third-order valence-electron chi connectivity index (χ3n) is 4.58. The zero-order valence-corrected chi connectivity index (χ0v) is 12.0. The maximum absolute atomic E-state index is 3.61. The summed E-state index contributed by atoms with van der Waals surface area (Å²) in [5, 5.41) is 3.61. The van der Waals surface area contributed by atoms with Gasteiger partial charge in [0.05, 0.1) is 0 Å². The van der Waals surface area contributed by atoms with Gasteiger partial charge in [-0.05, 0) is 70.5 Å². The fourth-order valence-corrected chi connectivity index (χ4v) is 2.74. The average molecular weight is 238 g/mol. The summed E-state index contributed by atoms with van der Waals surface area (Å²) >= 11 is 0. The van der Waals surface area contributed by atoms with Crippen molar-refractivity contribution >= 4 is 0 Å². The highest BCUT2D eigenvalue weighted by Gasteiger charge is 2.27. The second kappa shape index (κ2) is 5.71. The fraction of sp³-hybridized carbons (Fsp3) is 1.00. The van der Waals surface area contributed by atoms with Crippen LogP contribution >= 0.6 is 0 Å². The lowest BCUT2D eigenvalue weighted by atomic mass is 9.82. The largest absolute Gasteiger partial charge is 0.314 e. The molecule has 0 aromatic heterocycles. The molecule has 0 radical (unpaired) electrons. The number of hydrogen-bond donors (Lipinski definition) is 1. The highest BCUT2D eigenvalue weighted by molar-refractivity contribution is 4.82. The summed E-state index contributed by atoms with van der Waals surface area (Å²) in [5.41, 5.74) is 0.587. The van der Waals surface area contributed by atoms with Crippen LogP contribution in [0.3, 0.4) is 0 Å². The van der Waals surface area contributed by atoms with Crippen LogP contribution in [-0.2, 0) is 0 Å². The number of nitrogens with zero attached hydrogens (tertiary/aromatic N) is 1. The van der Waals surface area contributed by atoms with Crippen LogP contribution in [0.25, 0.3) is 0 Å². The highest BCUT2D eigenvalue weighted by Crippen LogP contribution is 2.30. The van der Waals surface area contributed by atoms with Gasteiger partial charge in [-0.3, -0.25) is 0 Å². The predicted octanol–water partition coefficient (Wildman–Crippen LogP) is 3.03. The first-order valence-electron chi connectivity index (χ1n) is 7.54. The van der Waals surface area contributed by atoms with Crippen LogP contribution < -0.4 is 5.32 Å². The van der Waals surface area contributed by atoms with Crippen molar-refractivity contribution in [1.82, 2.24) is 10.2 Å². The third kappa shape index (κ3) is 4.59. The van der Waals surface area contributed by atoms with Gasteiger partial charge in [0.1, 0.15) is 0 Å². The number of hydrogen-bond acceptors (Lipinski definition) is 2. The summed E-state index contributed by atoms with van der Waals surface area (Å²) in [6, 6.07) is 1.66. The molecule has 2 aliphatic rings. The molecule has 0 aromatic carbocycles. The molecule has 0 spiro atoms. The number of rotatable bonds is 6. The molecular formula is C15H30N2. The molecule has 1 saturated carbocycles. The van der Waals surface area contributed by atoms with E-state index in [4.69, 9.17) is 0 Å². The van der Waals surface area contributed by atoms with E-state index in [1.807, 2.05) is 0 Å². The minimum atomic E-state index is 0.587. The monoisotopic (exact) mass is 238 g/mol. The smallest absolute Gasteiger partial charge is 0.00682 e. The Balaban J connectivity index is 1.57. The molecule has 100 valence electrons. The second-order valence-electron chi connectivity index (χ2n) is 6.92. The van der Waals surface area contributed by atoms with Crippen molar-refractivity contribution in [2.45, 2.75) is 71.4 Å². The van der Waals surface area contributed by atoms with Gasteiger partial charge in [-0.15, -0.1) is 0 Å².